The minimum atomic E-state index is -0.187. The average molecular weight is 259 g/mol. The quantitative estimate of drug-likeness (QED) is 0.779. The van der Waals surface area contributed by atoms with Crippen molar-refractivity contribution in [1.29, 1.82) is 0 Å². The monoisotopic (exact) mass is 259 g/mol. The number of aromatic nitrogens is 3. The van der Waals surface area contributed by atoms with Crippen molar-refractivity contribution in [1.82, 2.24) is 20.3 Å². The molecule has 0 bridgehead atoms. The molecule has 0 aliphatic heterocycles. The standard InChI is InChI=1S/C13H17N5O/c1-8-6-11(14-3)10(7-17-8)13(19)18-9(2)12-15-4-5-16-12/h4-7,9H,1-3H3,(H,14,17)(H,15,16)(H,18,19). The molecule has 0 radical (unpaired) electrons. The highest BCUT2D eigenvalue weighted by Crippen LogP contribution is 2.16. The fourth-order valence-corrected chi connectivity index (χ4v) is 1.80. The molecular weight excluding hydrogens is 242 g/mol. The molecule has 0 saturated carbocycles. The molecule has 1 amide bonds. The Labute approximate surface area is 111 Å². The number of pyridine rings is 1. The molecule has 1 atom stereocenters. The van der Waals surface area contributed by atoms with Gasteiger partial charge in [-0.25, -0.2) is 4.98 Å². The molecule has 19 heavy (non-hydrogen) atoms. The number of nitrogens with zero attached hydrogens (tertiary/aromatic N) is 2. The third kappa shape index (κ3) is 2.90. The Morgan fingerprint density at radius 1 is 1.42 bits per heavy atom. The predicted molar refractivity (Wildman–Crippen MR) is 73.0 cm³/mol. The van der Waals surface area contributed by atoms with Crippen molar-refractivity contribution in [3.63, 3.8) is 0 Å². The lowest BCUT2D eigenvalue weighted by Gasteiger charge is -2.14. The Morgan fingerprint density at radius 3 is 2.84 bits per heavy atom. The first-order valence-electron chi connectivity index (χ1n) is 6.06. The van der Waals surface area contributed by atoms with Gasteiger partial charge in [-0.05, 0) is 19.9 Å². The van der Waals surface area contributed by atoms with Crippen LogP contribution in [-0.2, 0) is 0 Å². The van der Waals surface area contributed by atoms with E-state index in [1.165, 1.54) is 0 Å². The highest BCUT2D eigenvalue weighted by atomic mass is 16.1. The van der Waals surface area contributed by atoms with Gasteiger partial charge in [0, 0.05) is 31.3 Å². The summed E-state index contributed by atoms with van der Waals surface area (Å²) in [7, 11) is 1.78. The minimum absolute atomic E-state index is 0.180. The number of hydrogen-bond acceptors (Lipinski definition) is 4. The number of H-pyrrole nitrogens is 1. The molecule has 100 valence electrons. The zero-order chi connectivity index (χ0) is 13.8. The van der Waals surface area contributed by atoms with Gasteiger partial charge in [-0.15, -0.1) is 0 Å². The largest absolute Gasteiger partial charge is 0.387 e. The van der Waals surface area contributed by atoms with Gasteiger partial charge in [-0.1, -0.05) is 0 Å². The van der Waals surface area contributed by atoms with Crippen molar-refractivity contribution in [3.8, 4) is 0 Å². The smallest absolute Gasteiger partial charge is 0.255 e. The van der Waals surface area contributed by atoms with Gasteiger partial charge in [0.1, 0.15) is 5.82 Å². The van der Waals surface area contributed by atoms with E-state index in [2.05, 4.69) is 25.6 Å². The molecule has 0 aliphatic rings. The number of anilines is 1. The van der Waals surface area contributed by atoms with Gasteiger partial charge in [0.2, 0.25) is 0 Å². The summed E-state index contributed by atoms with van der Waals surface area (Å²) >= 11 is 0. The molecule has 0 saturated heterocycles. The first kappa shape index (κ1) is 13.1. The molecule has 0 spiro atoms. The molecule has 6 nitrogen and oxygen atoms in total. The van der Waals surface area contributed by atoms with Crippen LogP contribution in [0.15, 0.2) is 24.7 Å². The van der Waals surface area contributed by atoms with Gasteiger partial charge in [0.25, 0.3) is 5.91 Å². The van der Waals surface area contributed by atoms with Crippen molar-refractivity contribution < 1.29 is 4.79 Å². The summed E-state index contributed by atoms with van der Waals surface area (Å²) in [5.41, 5.74) is 2.14. The molecule has 2 aromatic heterocycles. The zero-order valence-corrected chi connectivity index (χ0v) is 11.2. The van der Waals surface area contributed by atoms with E-state index >= 15 is 0 Å². The van der Waals surface area contributed by atoms with Gasteiger partial charge in [-0.3, -0.25) is 9.78 Å². The minimum Gasteiger partial charge on any atom is -0.387 e. The second-order valence-electron chi connectivity index (χ2n) is 4.29. The maximum atomic E-state index is 12.2. The Hall–Kier alpha value is -2.37. The number of imidazole rings is 1. The van der Waals surface area contributed by atoms with Gasteiger partial charge in [0.15, 0.2) is 0 Å². The maximum Gasteiger partial charge on any atom is 0.255 e. The Bertz CT molecular complexity index is 564. The highest BCUT2D eigenvalue weighted by Gasteiger charge is 2.16. The van der Waals surface area contributed by atoms with E-state index in [1.807, 2.05) is 19.9 Å². The van der Waals surface area contributed by atoms with E-state index < -0.39 is 0 Å². The summed E-state index contributed by atoms with van der Waals surface area (Å²) in [4.78, 5) is 23.5. The lowest BCUT2D eigenvalue weighted by atomic mass is 10.2. The SMILES string of the molecule is CNc1cc(C)ncc1C(=O)NC(C)c1ncc[nH]1. The fourth-order valence-electron chi connectivity index (χ4n) is 1.80. The molecule has 2 rings (SSSR count). The number of carbonyl (C=O) groups excluding carboxylic acids is 1. The summed E-state index contributed by atoms with van der Waals surface area (Å²) in [5.74, 6) is 0.542. The first-order chi connectivity index (χ1) is 9.11. The normalized spacial score (nSPS) is 11.9. The van der Waals surface area contributed by atoms with E-state index in [1.54, 1.807) is 25.6 Å². The van der Waals surface area contributed by atoms with Crippen LogP contribution in [0.3, 0.4) is 0 Å². The number of aromatic amines is 1. The summed E-state index contributed by atoms with van der Waals surface area (Å²) in [5, 5.41) is 5.88. The second-order valence-corrected chi connectivity index (χ2v) is 4.29. The topological polar surface area (TPSA) is 82.7 Å². The maximum absolute atomic E-state index is 12.2. The van der Waals surface area contributed by atoms with Crippen molar-refractivity contribution >= 4 is 11.6 Å². The predicted octanol–water partition coefficient (Wildman–Crippen LogP) is 1.65. The lowest BCUT2D eigenvalue weighted by molar-refractivity contribution is 0.0939. The lowest BCUT2D eigenvalue weighted by Crippen LogP contribution is -2.28. The van der Waals surface area contributed by atoms with Gasteiger partial charge < -0.3 is 15.6 Å². The molecule has 0 aliphatic carbocycles. The van der Waals surface area contributed by atoms with Gasteiger partial charge in [-0.2, -0.15) is 0 Å². The van der Waals surface area contributed by atoms with E-state index in [4.69, 9.17) is 0 Å². The molecule has 2 heterocycles. The highest BCUT2D eigenvalue weighted by molar-refractivity contribution is 5.99. The summed E-state index contributed by atoms with van der Waals surface area (Å²) in [6.07, 6.45) is 4.96. The van der Waals surface area contributed by atoms with E-state index in [0.29, 0.717) is 5.56 Å². The molecule has 2 aromatic rings. The van der Waals surface area contributed by atoms with Crippen LogP contribution in [0, 0.1) is 6.92 Å². The number of rotatable bonds is 4. The molecule has 6 heteroatoms. The van der Waals surface area contributed by atoms with Crippen LogP contribution >= 0.6 is 0 Å². The van der Waals surface area contributed by atoms with Crippen LogP contribution in [0.5, 0.6) is 0 Å². The zero-order valence-electron chi connectivity index (χ0n) is 11.2. The van der Waals surface area contributed by atoms with Crippen LogP contribution in [0.1, 0.15) is 34.8 Å². The Kier molecular flexibility index (Phi) is 3.79. The number of hydrogen-bond donors (Lipinski definition) is 3. The third-order valence-electron chi connectivity index (χ3n) is 2.83. The summed E-state index contributed by atoms with van der Waals surface area (Å²) in [6, 6.07) is 1.65. The Balaban J connectivity index is 2.16. The molecule has 1 unspecified atom stereocenters. The van der Waals surface area contributed by atoms with Crippen molar-refractivity contribution in [2.24, 2.45) is 0 Å². The fraction of sp³-hybridized carbons (Fsp3) is 0.308. The van der Waals surface area contributed by atoms with Gasteiger partial charge in [0.05, 0.1) is 17.3 Å². The van der Waals surface area contributed by atoms with E-state index in [-0.39, 0.29) is 11.9 Å². The molecule has 3 N–H and O–H groups in total. The van der Waals surface area contributed by atoms with Crippen molar-refractivity contribution in [3.05, 3.63) is 41.7 Å². The second kappa shape index (κ2) is 5.51. The van der Waals surface area contributed by atoms with Crippen LogP contribution in [0.2, 0.25) is 0 Å². The molecule has 0 aromatic carbocycles. The van der Waals surface area contributed by atoms with Crippen LogP contribution < -0.4 is 10.6 Å². The number of carbonyl (C=O) groups is 1. The number of aryl methyl sites for hydroxylation is 1. The molecular formula is C13H17N5O. The van der Waals surface area contributed by atoms with E-state index in [0.717, 1.165) is 17.2 Å². The number of nitrogens with one attached hydrogen (secondary N) is 3. The van der Waals surface area contributed by atoms with Crippen LogP contribution in [0.25, 0.3) is 0 Å². The first-order valence-corrected chi connectivity index (χ1v) is 6.06. The van der Waals surface area contributed by atoms with E-state index in [9.17, 15) is 4.79 Å². The van der Waals surface area contributed by atoms with Crippen LogP contribution in [-0.4, -0.2) is 27.9 Å². The number of amides is 1. The van der Waals surface area contributed by atoms with Crippen molar-refractivity contribution in [2.45, 2.75) is 19.9 Å². The van der Waals surface area contributed by atoms with Gasteiger partial charge >= 0.3 is 0 Å². The van der Waals surface area contributed by atoms with Crippen LogP contribution in [0.4, 0.5) is 5.69 Å². The Morgan fingerprint density at radius 2 is 2.21 bits per heavy atom. The summed E-state index contributed by atoms with van der Waals surface area (Å²) in [6.45, 7) is 3.76. The third-order valence-corrected chi connectivity index (χ3v) is 2.83. The molecule has 0 fully saturated rings. The van der Waals surface area contributed by atoms with Crippen molar-refractivity contribution in [2.75, 3.05) is 12.4 Å². The average Bonchev–Trinajstić information content (AvgIpc) is 2.92. The summed E-state index contributed by atoms with van der Waals surface area (Å²) < 4.78 is 0.